The molecule has 0 aliphatic carbocycles. The molecule has 0 saturated carbocycles. The molecule has 0 bridgehead atoms. The van der Waals surface area contributed by atoms with Crippen molar-refractivity contribution in [1.82, 2.24) is 25.1 Å². The summed E-state index contributed by atoms with van der Waals surface area (Å²) in [5.41, 5.74) is 1.04. The Hall–Kier alpha value is -4.08. The third kappa shape index (κ3) is 6.01. The van der Waals surface area contributed by atoms with Crippen LogP contribution in [-0.4, -0.2) is 72.2 Å². The number of anilines is 1. The van der Waals surface area contributed by atoms with Crippen LogP contribution < -0.4 is 10.6 Å². The molecule has 41 heavy (non-hydrogen) atoms. The number of carbonyl (C=O) groups excluding carboxylic acids is 2. The summed E-state index contributed by atoms with van der Waals surface area (Å²) in [4.78, 5) is 36.2. The fraction of sp³-hybridized carbons (Fsp3) is 0.357. The Balaban J connectivity index is 1.52. The van der Waals surface area contributed by atoms with Gasteiger partial charge in [-0.15, -0.1) is 0 Å². The van der Waals surface area contributed by atoms with Crippen LogP contribution in [-0.2, 0) is 19.4 Å². The van der Waals surface area contributed by atoms with E-state index in [0.29, 0.717) is 60.5 Å². The Morgan fingerprint density at radius 2 is 1.90 bits per heavy atom. The molecule has 2 aliphatic heterocycles. The van der Waals surface area contributed by atoms with Crippen molar-refractivity contribution in [3.05, 3.63) is 64.5 Å². The predicted molar refractivity (Wildman–Crippen MR) is 154 cm³/mol. The highest BCUT2D eigenvalue weighted by Gasteiger charge is 2.33. The third-order valence-corrected chi connectivity index (χ3v) is 9.26. The minimum atomic E-state index is -4.38. The molecule has 1 atom stereocenters. The lowest BCUT2D eigenvalue weighted by molar-refractivity contribution is -0.140. The van der Waals surface area contributed by atoms with Gasteiger partial charge in [-0.1, -0.05) is 29.8 Å². The first-order valence-electron chi connectivity index (χ1n) is 13.5. The summed E-state index contributed by atoms with van der Waals surface area (Å²) in [6, 6.07) is 10.6. The van der Waals surface area contributed by atoms with Gasteiger partial charge in [0.25, 0.3) is 0 Å². The molecule has 2 aliphatic rings. The summed E-state index contributed by atoms with van der Waals surface area (Å²) in [5.74, 6) is -0.596. The number of amides is 2. The number of nitriles is 1. The highest BCUT2D eigenvalue weighted by atomic mass is 35.5. The molecule has 2 amide bonds. The highest BCUT2D eigenvalue weighted by molar-refractivity contribution is 7.95. The second-order valence-corrected chi connectivity index (χ2v) is 12.3. The zero-order valence-corrected chi connectivity index (χ0v) is 23.8. The Bertz CT molecular complexity index is 1630. The fourth-order valence-corrected chi connectivity index (χ4v) is 6.56. The Labute approximate surface area is 243 Å². The molecule has 2 fully saturated rings. The molecule has 13 heteroatoms. The van der Waals surface area contributed by atoms with Gasteiger partial charge in [-0.25, -0.2) is 13.4 Å². The molecule has 0 radical (unpaired) electrons. The number of H-pyrrole nitrogens is 1. The zero-order chi connectivity index (χ0) is 29.0. The van der Waals surface area contributed by atoms with Crippen LogP contribution in [0.25, 0.3) is 10.9 Å². The summed E-state index contributed by atoms with van der Waals surface area (Å²) < 4.78 is 27.2. The summed E-state index contributed by atoms with van der Waals surface area (Å²) in [5, 5.41) is 17.1. The van der Waals surface area contributed by atoms with Crippen molar-refractivity contribution in [1.29, 1.82) is 5.26 Å². The number of benzene rings is 1. The van der Waals surface area contributed by atoms with Crippen LogP contribution >= 0.6 is 11.6 Å². The van der Waals surface area contributed by atoms with Crippen LogP contribution in [0.4, 0.5) is 5.69 Å². The van der Waals surface area contributed by atoms with Crippen LogP contribution in [0.15, 0.2) is 64.5 Å². The number of hydrogen-bond acceptors (Lipinski definition) is 8. The summed E-state index contributed by atoms with van der Waals surface area (Å²) >= 11 is 6.30. The minimum absolute atomic E-state index is 0.0406. The van der Waals surface area contributed by atoms with Crippen molar-refractivity contribution in [2.75, 3.05) is 31.5 Å². The van der Waals surface area contributed by atoms with Gasteiger partial charge >= 0.3 is 0 Å². The monoisotopic (exact) mass is 595 g/mol. The van der Waals surface area contributed by atoms with Crippen LogP contribution in [0.5, 0.6) is 0 Å². The largest absolute Gasteiger partial charge is 0.358 e. The number of fused-ring (bicyclic) bond motifs is 1. The molecule has 1 aromatic carbocycles. The Morgan fingerprint density at radius 3 is 2.63 bits per heavy atom. The van der Waals surface area contributed by atoms with E-state index >= 15 is 0 Å². The van der Waals surface area contributed by atoms with Gasteiger partial charge in [-0.2, -0.15) is 5.26 Å². The predicted octanol–water partition coefficient (Wildman–Crippen LogP) is 3.39. The van der Waals surface area contributed by atoms with Crippen molar-refractivity contribution in [2.45, 2.75) is 43.2 Å². The second-order valence-electron chi connectivity index (χ2n) is 10.0. The van der Waals surface area contributed by atoms with Crippen molar-refractivity contribution >= 4 is 49.8 Å². The lowest BCUT2D eigenvalue weighted by Gasteiger charge is -2.28. The van der Waals surface area contributed by atoms with Gasteiger partial charge in [0.05, 0.1) is 22.8 Å². The van der Waals surface area contributed by atoms with Gasteiger partial charge in [0.1, 0.15) is 17.9 Å². The number of nitrogens with zero attached hydrogens (tertiary/aromatic N) is 4. The van der Waals surface area contributed by atoms with Crippen molar-refractivity contribution in [3.63, 3.8) is 0 Å². The molecule has 2 aromatic heterocycles. The van der Waals surface area contributed by atoms with Crippen LogP contribution in [0.2, 0.25) is 5.02 Å². The normalized spacial score (nSPS) is 18.5. The van der Waals surface area contributed by atoms with E-state index in [1.165, 1.54) is 23.2 Å². The Morgan fingerprint density at radius 1 is 1.12 bits per heavy atom. The van der Waals surface area contributed by atoms with E-state index in [-0.39, 0.29) is 29.2 Å². The first-order valence-corrected chi connectivity index (χ1v) is 15.3. The standard InChI is InChI=1S/C28H30ClN7O4S/c29-20-17-32-26-19(20)8-7-10-21(26)33-27(23(16-30)41(39,40)24-11-1-3-12-31-24)34-22-9-2-4-15-36(28(22)38)18-25(37)35-13-5-6-14-35/h1,3,7-8,10-12,17,22,32-34H,2,4-6,9,13-15,18H2/b27-23-/t22-/m0/s1. The van der Waals surface area contributed by atoms with E-state index < -0.39 is 20.8 Å². The topological polar surface area (TPSA) is 151 Å². The summed E-state index contributed by atoms with van der Waals surface area (Å²) in [7, 11) is -4.38. The molecule has 11 nitrogen and oxygen atoms in total. The number of nitrogens with one attached hydrogen (secondary N) is 3. The van der Waals surface area contributed by atoms with Gasteiger partial charge < -0.3 is 25.4 Å². The maximum atomic E-state index is 13.7. The number of aromatic nitrogens is 2. The molecule has 214 valence electrons. The van der Waals surface area contributed by atoms with Crippen molar-refractivity contribution < 1.29 is 18.0 Å². The first kappa shape index (κ1) is 28.4. The molecule has 3 aromatic rings. The molecular formula is C28H30ClN7O4S. The Kier molecular flexibility index (Phi) is 8.46. The lowest BCUT2D eigenvalue weighted by Crippen LogP contribution is -2.49. The molecule has 0 spiro atoms. The average Bonchev–Trinajstić information content (AvgIpc) is 3.62. The number of sulfone groups is 1. The number of para-hydroxylation sites is 1. The van der Waals surface area contributed by atoms with Gasteiger partial charge in [-0.3, -0.25) is 9.59 Å². The number of likely N-dealkylation sites (tertiary alicyclic amines) is 2. The summed E-state index contributed by atoms with van der Waals surface area (Å²) in [6.07, 6.45) is 6.58. The zero-order valence-electron chi connectivity index (χ0n) is 22.3. The number of allylic oxidation sites excluding steroid dienone is 1. The lowest BCUT2D eigenvalue weighted by atomic mass is 10.1. The maximum Gasteiger partial charge on any atom is 0.245 e. The van der Waals surface area contributed by atoms with Crippen molar-refractivity contribution in [3.8, 4) is 6.07 Å². The van der Waals surface area contributed by atoms with Gasteiger partial charge in [0, 0.05) is 37.4 Å². The van der Waals surface area contributed by atoms with Gasteiger partial charge in [-0.05, 0) is 50.3 Å². The molecule has 0 unspecified atom stereocenters. The van der Waals surface area contributed by atoms with Crippen molar-refractivity contribution in [2.24, 2.45) is 0 Å². The average molecular weight is 596 g/mol. The fourth-order valence-electron chi connectivity index (χ4n) is 5.18. The van der Waals surface area contributed by atoms with Crippen LogP contribution in [0.1, 0.15) is 32.1 Å². The van der Waals surface area contributed by atoms with Gasteiger partial charge in [0.15, 0.2) is 9.93 Å². The number of halogens is 1. The number of hydrogen-bond donors (Lipinski definition) is 3. The number of carbonyl (C=O) groups is 2. The second kappa shape index (κ2) is 12.2. The quantitative estimate of drug-likeness (QED) is 0.335. The molecular weight excluding hydrogens is 566 g/mol. The van der Waals surface area contributed by atoms with Crippen LogP contribution in [0.3, 0.4) is 0 Å². The van der Waals surface area contributed by atoms with E-state index in [0.717, 1.165) is 12.8 Å². The number of aromatic amines is 1. The van der Waals surface area contributed by atoms with E-state index in [1.54, 1.807) is 35.4 Å². The van der Waals surface area contributed by atoms with E-state index in [9.17, 15) is 23.3 Å². The first-order chi connectivity index (χ1) is 19.8. The molecule has 3 N–H and O–H groups in total. The van der Waals surface area contributed by atoms with E-state index in [1.807, 2.05) is 6.07 Å². The number of rotatable bonds is 8. The summed E-state index contributed by atoms with van der Waals surface area (Å²) in [6.45, 7) is 1.75. The van der Waals surface area contributed by atoms with E-state index in [4.69, 9.17) is 11.6 Å². The SMILES string of the molecule is N#C/C(=C(\Nc1cccc2c(Cl)c[nH]c12)N[C@H]1CCCCN(CC(=O)N2CCCC2)C1=O)S(=O)(=O)c1ccccn1. The van der Waals surface area contributed by atoms with E-state index in [2.05, 4.69) is 20.6 Å². The molecule has 2 saturated heterocycles. The maximum absolute atomic E-state index is 13.7. The highest BCUT2D eigenvalue weighted by Crippen LogP contribution is 2.30. The van der Waals surface area contributed by atoms with Crippen LogP contribution in [0, 0.1) is 11.3 Å². The molecule has 4 heterocycles. The molecule has 5 rings (SSSR count). The third-order valence-electron chi connectivity index (χ3n) is 7.32. The van der Waals surface area contributed by atoms with Gasteiger partial charge in [0.2, 0.25) is 21.7 Å². The number of pyridine rings is 1. The smallest absolute Gasteiger partial charge is 0.245 e. The minimum Gasteiger partial charge on any atom is -0.358 e.